The predicted octanol–water partition coefficient (Wildman–Crippen LogP) is 3.45. The molecule has 0 aliphatic heterocycles. The number of benzene rings is 1. The Balaban J connectivity index is 2.76. The molecule has 0 aromatic heterocycles. The Hall–Kier alpha value is -1.38. The third-order valence-electron chi connectivity index (χ3n) is 2.43. The molecule has 0 saturated heterocycles. The second-order valence-electron chi connectivity index (χ2n) is 4.20. The summed E-state index contributed by atoms with van der Waals surface area (Å²) in [7, 11) is 1.47. The standard InChI is InChI=1S/C13H17FO2/c1-9(2)4-7-13(15)11-6-5-10(16-3)8-12(11)14/h5-6,8-9H,4,7H2,1-3H3. The summed E-state index contributed by atoms with van der Waals surface area (Å²) in [5.41, 5.74) is 0.154. The number of hydrogen-bond acceptors (Lipinski definition) is 2. The first kappa shape index (κ1) is 12.7. The molecule has 0 heterocycles. The Bertz CT molecular complexity index is 372. The Labute approximate surface area is 95.4 Å². The summed E-state index contributed by atoms with van der Waals surface area (Å²) in [6, 6.07) is 4.32. The van der Waals surface area contributed by atoms with Gasteiger partial charge in [0.25, 0.3) is 0 Å². The van der Waals surface area contributed by atoms with Crippen LogP contribution in [0.5, 0.6) is 5.75 Å². The van der Waals surface area contributed by atoms with Crippen molar-refractivity contribution in [3.63, 3.8) is 0 Å². The Morgan fingerprint density at radius 2 is 2.12 bits per heavy atom. The van der Waals surface area contributed by atoms with Gasteiger partial charge in [-0.1, -0.05) is 13.8 Å². The highest BCUT2D eigenvalue weighted by atomic mass is 19.1. The fraction of sp³-hybridized carbons (Fsp3) is 0.462. The van der Waals surface area contributed by atoms with Crippen molar-refractivity contribution in [3.05, 3.63) is 29.6 Å². The molecule has 0 saturated carbocycles. The maximum absolute atomic E-state index is 13.5. The van der Waals surface area contributed by atoms with Gasteiger partial charge in [-0.2, -0.15) is 0 Å². The minimum absolute atomic E-state index is 0.145. The Morgan fingerprint density at radius 1 is 1.44 bits per heavy atom. The molecule has 16 heavy (non-hydrogen) atoms. The van der Waals surface area contributed by atoms with Gasteiger partial charge in [0.05, 0.1) is 12.7 Å². The smallest absolute Gasteiger partial charge is 0.165 e. The summed E-state index contributed by atoms with van der Waals surface area (Å²) < 4.78 is 18.4. The average molecular weight is 224 g/mol. The SMILES string of the molecule is COc1ccc(C(=O)CCC(C)C)c(F)c1. The first-order chi connectivity index (χ1) is 7.54. The van der Waals surface area contributed by atoms with E-state index in [0.717, 1.165) is 6.42 Å². The largest absolute Gasteiger partial charge is 0.497 e. The highest BCUT2D eigenvalue weighted by molar-refractivity contribution is 5.96. The van der Waals surface area contributed by atoms with E-state index in [4.69, 9.17) is 4.74 Å². The second kappa shape index (κ2) is 5.64. The molecule has 0 unspecified atom stereocenters. The van der Waals surface area contributed by atoms with E-state index in [1.54, 1.807) is 6.07 Å². The summed E-state index contributed by atoms with van der Waals surface area (Å²) in [5.74, 6) is 0.227. The van der Waals surface area contributed by atoms with E-state index in [2.05, 4.69) is 0 Å². The zero-order valence-corrected chi connectivity index (χ0v) is 9.92. The van der Waals surface area contributed by atoms with Crippen LogP contribution in [0, 0.1) is 11.7 Å². The minimum Gasteiger partial charge on any atom is -0.497 e. The summed E-state index contributed by atoms with van der Waals surface area (Å²) >= 11 is 0. The first-order valence-corrected chi connectivity index (χ1v) is 5.41. The van der Waals surface area contributed by atoms with Crippen molar-refractivity contribution in [3.8, 4) is 5.75 Å². The van der Waals surface area contributed by atoms with E-state index in [0.29, 0.717) is 18.1 Å². The monoisotopic (exact) mass is 224 g/mol. The molecule has 1 aromatic carbocycles. The number of methoxy groups -OCH3 is 1. The molecular formula is C13H17FO2. The van der Waals surface area contributed by atoms with Crippen molar-refractivity contribution in [2.75, 3.05) is 7.11 Å². The molecule has 88 valence electrons. The van der Waals surface area contributed by atoms with E-state index >= 15 is 0 Å². The number of rotatable bonds is 5. The average Bonchev–Trinajstić information content (AvgIpc) is 2.25. The number of hydrogen-bond donors (Lipinski definition) is 0. The van der Waals surface area contributed by atoms with Gasteiger partial charge in [0.1, 0.15) is 11.6 Å². The van der Waals surface area contributed by atoms with Gasteiger partial charge in [-0.25, -0.2) is 4.39 Å². The van der Waals surface area contributed by atoms with Crippen LogP contribution in [-0.2, 0) is 0 Å². The zero-order valence-electron chi connectivity index (χ0n) is 9.92. The molecule has 1 aromatic rings. The van der Waals surface area contributed by atoms with Crippen molar-refractivity contribution in [2.45, 2.75) is 26.7 Å². The van der Waals surface area contributed by atoms with Crippen LogP contribution < -0.4 is 4.74 Å². The van der Waals surface area contributed by atoms with E-state index in [-0.39, 0.29) is 11.3 Å². The number of ketones is 1. The first-order valence-electron chi connectivity index (χ1n) is 5.41. The summed E-state index contributed by atoms with van der Waals surface area (Å²) in [6.07, 6.45) is 1.17. The van der Waals surface area contributed by atoms with Crippen LogP contribution in [0.15, 0.2) is 18.2 Å². The van der Waals surface area contributed by atoms with Crippen LogP contribution in [0.4, 0.5) is 4.39 Å². The molecule has 0 spiro atoms. The zero-order chi connectivity index (χ0) is 12.1. The Morgan fingerprint density at radius 3 is 2.62 bits per heavy atom. The minimum atomic E-state index is -0.506. The van der Waals surface area contributed by atoms with Gasteiger partial charge in [0, 0.05) is 12.5 Å². The number of halogens is 1. The lowest BCUT2D eigenvalue weighted by molar-refractivity contribution is 0.0971. The highest BCUT2D eigenvalue weighted by Crippen LogP contribution is 2.18. The van der Waals surface area contributed by atoms with Crippen molar-refractivity contribution >= 4 is 5.78 Å². The van der Waals surface area contributed by atoms with E-state index in [9.17, 15) is 9.18 Å². The van der Waals surface area contributed by atoms with Crippen LogP contribution in [0.3, 0.4) is 0 Å². The van der Waals surface area contributed by atoms with E-state index < -0.39 is 5.82 Å². The fourth-order valence-electron chi connectivity index (χ4n) is 1.40. The van der Waals surface area contributed by atoms with E-state index in [1.807, 2.05) is 13.8 Å². The number of carbonyl (C=O) groups excluding carboxylic acids is 1. The van der Waals surface area contributed by atoms with Crippen LogP contribution in [0.1, 0.15) is 37.0 Å². The normalized spacial score (nSPS) is 10.6. The molecule has 0 aliphatic rings. The molecule has 3 heteroatoms. The van der Waals surface area contributed by atoms with E-state index in [1.165, 1.54) is 19.2 Å². The van der Waals surface area contributed by atoms with Crippen molar-refractivity contribution in [2.24, 2.45) is 5.92 Å². The third kappa shape index (κ3) is 3.33. The van der Waals surface area contributed by atoms with Crippen LogP contribution in [0.2, 0.25) is 0 Å². The molecule has 0 bridgehead atoms. The molecule has 0 N–H and O–H groups in total. The molecule has 1 rings (SSSR count). The quantitative estimate of drug-likeness (QED) is 0.716. The third-order valence-corrected chi connectivity index (χ3v) is 2.43. The molecule has 0 aliphatic carbocycles. The predicted molar refractivity (Wildman–Crippen MR) is 61.4 cm³/mol. The maximum Gasteiger partial charge on any atom is 0.165 e. The molecule has 0 radical (unpaired) electrons. The van der Waals surface area contributed by atoms with Crippen molar-refractivity contribution < 1.29 is 13.9 Å². The molecule has 2 nitrogen and oxygen atoms in total. The van der Waals surface area contributed by atoms with Gasteiger partial charge in [-0.15, -0.1) is 0 Å². The lowest BCUT2D eigenvalue weighted by atomic mass is 10.0. The topological polar surface area (TPSA) is 26.3 Å². The highest BCUT2D eigenvalue weighted by Gasteiger charge is 2.12. The maximum atomic E-state index is 13.5. The van der Waals surface area contributed by atoms with Gasteiger partial charge >= 0.3 is 0 Å². The summed E-state index contributed by atoms with van der Waals surface area (Å²) in [4.78, 5) is 11.7. The number of Topliss-reactive ketones (excluding diaryl/α,β-unsaturated/α-hetero) is 1. The van der Waals surface area contributed by atoms with Crippen molar-refractivity contribution in [1.82, 2.24) is 0 Å². The summed E-state index contributed by atoms with van der Waals surface area (Å²) in [5, 5.41) is 0. The lowest BCUT2D eigenvalue weighted by Crippen LogP contribution is -2.04. The van der Waals surface area contributed by atoms with Gasteiger partial charge in [0.2, 0.25) is 0 Å². The molecular weight excluding hydrogens is 207 g/mol. The number of carbonyl (C=O) groups is 1. The second-order valence-corrected chi connectivity index (χ2v) is 4.20. The Kier molecular flexibility index (Phi) is 4.47. The van der Waals surface area contributed by atoms with Crippen LogP contribution in [-0.4, -0.2) is 12.9 Å². The lowest BCUT2D eigenvalue weighted by Gasteiger charge is -2.06. The number of ether oxygens (including phenoxy) is 1. The van der Waals surface area contributed by atoms with Crippen LogP contribution in [0.25, 0.3) is 0 Å². The molecule has 0 atom stereocenters. The van der Waals surface area contributed by atoms with Gasteiger partial charge in [0.15, 0.2) is 5.78 Å². The van der Waals surface area contributed by atoms with Crippen molar-refractivity contribution in [1.29, 1.82) is 0 Å². The van der Waals surface area contributed by atoms with Gasteiger partial charge in [-0.05, 0) is 24.5 Å². The molecule has 0 fully saturated rings. The van der Waals surface area contributed by atoms with Crippen LogP contribution >= 0.6 is 0 Å². The molecule has 0 amide bonds. The van der Waals surface area contributed by atoms with Gasteiger partial charge < -0.3 is 4.74 Å². The van der Waals surface area contributed by atoms with Gasteiger partial charge in [-0.3, -0.25) is 4.79 Å². The summed E-state index contributed by atoms with van der Waals surface area (Å²) in [6.45, 7) is 4.08. The fourth-order valence-corrected chi connectivity index (χ4v) is 1.40.